The Labute approximate surface area is 169 Å². The number of anilines is 1. The second kappa shape index (κ2) is 7.76. The van der Waals surface area contributed by atoms with Gasteiger partial charge in [0.2, 0.25) is 0 Å². The molecule has 2 heterocycles. The van der Waals surface area contributed by atoms with Crippen LogP contribution in [0.1, 0.15) is 17.7 Å². The molecule has 1 saturated heterocycles. The van der Waals surface area contributed by atoms with Gasteiger partial charge < -0.3 is 9.64 Å². The zero-order valence-corrected chi connectivity index (χ0v) is 16.0. The van der Waals surface area contributed by atoms with Crippen molar-refractivity contribution in [3.63, 3.8) is 0 Å². The molecular formula is C21H16F3N3OS. The fraction of sp³-hybridized carbons (Fsp3) is 0.238. The molecule has 0 aliphatic carbocycles. The summed E-state index contributed by atoms with van der Waals surface area (Å²) >= 11 is 0.843. The molecule has 0 N–H and O–H groups in total. The van der Waals surface area contributed by atoms with Crippen LogP contribution in [0, 0.1) is 11.3 Å². The molecule has 0 bridgehead atoms. The van der Waals surface area contributed by atoms with Gasteiger partial charge in [-0.1, -0.05) is 47.7 Å². The lowest BCUT2D eigenvalue weighted by atomic mass is 10.0. The summed E-state index contributed by atoms with van der Waals surface area (Å²) in [4.78, 5) is 5.55. The van der Waals surface area contributed by atoms with Crippen LogP contribution in [0.15, 0.2) is 53.9 Å². The van der Waals surface area contributed by atoms with Crippen LogP contribution in [0.5, 0.6) is 5.19 Å². The number of alkyl halides is 3. The second-order valence-corrected chi connectivity index (χ2v) is 7.50. The summed E-state index contributed by atoms with van der Waals surface area (Å²) in [7, 11) is 0. The van der Waals surface area contributed by atoms with Gasteiger partial charge in [-0.05, 0) is 23.3 Å². The standard InChI is InChI=1S/C21H16F3N3OS/c22-21(23,24)19-13-29-20(26-19)28-17-8-9-27(12-17)18-7-6-15(10-16(18)11-25)14-4-2-1-3-5-14/h1-7,10,13,17H,8-9,12H2/t17-/m0/s1. The van der Waals surface area contributed by atoms with Crippen LogP contribution in [0.3, 0.4) is 0 Å². The molecule has 3 aromatic rings. The Balaban J connectivity index is 1.47. The molecule has 2 aromatic carbocycles. The molecule has 0 saturated carbocycles. The molecule has 0 spiro atoms. The van der Waals surface area contributed by atoms with Gasteiger partial charge in [0.1, 0.15) is 12.2 Å². The minimum Gasteiger partial charge on any atom is -0.465 e. The summed E-state index contributed by atoms with van der Waals surface area (Å²) in [6, 6.07) is 17.8. The van der Waals surface area contributed by atoms with Gasteiger partial charge in [0.25, 0.3) is 5.19 Å². The van der Waals surface area contributed by atoms with Crippen molar-refractivity contribution in [1.82, 2.24) is 4.98 Å². The molecule has 0 radical (unpaired) electrons. The molecule has 1 aliphatic heterocycles. The van der Waals surface area contributed by atoms with Crippen LogP contribution in [-0.4, -0.2) is 24.2 Å². The maximum Gasteiger partial charge on any atom is 0.434 e. The van der Waals surface area contributed by atoms with Crippen molar-refractivity contribution in [3.8, 4) is 22.4 Å². The maximum absolute atomic E-state index is 12.7. The first-order valence-electron chi connectivity index (χ1n) is 8.98. The first-order chi connectivity index (χ1) is 13.9. The highest BCUT2D eigenvalue weighted by Crippen LogP contribution is 2.34. The van der Waals surface area contributed by atoms with Crippen molar-refractivity contribution < 1.29 is 17.9 Å². The number of halogens is 3. The highest BCUT2D eigenvalue weighted by atomic mass is 32.1. The molecule has 29 heavy (non-hydrogen) atoms. The smallest absolute Gasteiger partial charge is 0.434 e. The van der Waals surface area contributed by atoms with Gasteiger partial charge in [0, 0.05) is 18.3 Å². The van der Waals surface area contributed by atoms with Crippen molar-refractivity contribution in [2.45, 2.75) is 18.7 Å². The molecule has 1 fully saturated rings. The van der Waals surface area contributed by atoms with Crippen molar-refractivity contribution in [2.75, 3.05) is 18.0 Å². The van der Waals surface area contributed by atoms with Gasteiger partial charge in [-0.25, -0.2) is 0 Å². The number of aromatic nitrogens is 1. The number of hydrogen-bond donors (Lipinski definition) is 0. The summed E-state index contributed by atoms with van der Waals surface area (Å²) in [5, 5.41) is 10.6. The van der Waals surface area contributed by atoms with E-state index < -0.39 is 11.9 Å². The van der Waals surface area contributed by atoms with E-state index in [4.69, 9.17) is 4.74 Å². The lowest BCUT2D eigenvalue weighted by molar-refractivity contribution is -0.140. The third-order valence-corrected chi connectivity index (χ3v) is 5.48. The number of rotatable bonds is 4. The van der Waals surface area contributed by atoms with E-state index in [1.54, 1.807) is 0 Å². The fourth-order valence-electron chi connectivity index (χ4n) is 3.34. The van der Waals surface area contributed by atoms with Crippen LogP contribution >= 0.6 is 11.3 Å². The predicted octanol–water partition coefficient (Wildman–Crippen LogP) is 5.36. The Kier molecular flexibility index (Phi) is 5.16. The van der Waals surface area contributed by atoms with Crippen LogP contribution in [0.25, 0.3) is 11.1 Å². The third-order valence-electron chi connectivity index (χ3n) is 4.75. The Morgan fingerprint density at radius 1 is 1.14 bits per heavy atom. The molecule has 4 rings (SSSR count). The zero-order chi connectivity index (χ0) is 20.4. The topological polar surface area (TPSA) is 49.2 Å². The quantitative estimate of drug-likeness (QED) is 0.576. The first kappa shape index (κ1) is 19.3. The summed E-state index contributed by atoms with van der Waals surface area (Å²) in [6.45, 7) is 1.14. The third kappa shape index (κ3) is 4.20. The monoisotopic (exact) mass is 415 g/mol. The molecule has 148 valence electrons. The van der Waals surface area contributed by atoms with E-state index in [1.165, 1.54) is 0 Å². The van der Waals surface area contributed by atoms with Crippen molar-refractivity contribution in [1.29, 1.82) is 5.26 Å². The van der Waals surface area contributed by atoms with E-state index in [0.717, 1.165) is 33.5 Å². The lowest BCUT2D eigenvalue weighted by Gasteiger charge is -2.20. The summed E-state index contributed by atoms with van der Waals surface area (Å²) < 4.78 is 43.7. The average Bonchev–Trinajstić information content (AvgIpc) is 3.38. The van der Waals surface area contributed by atoms with Crippen molar-refractivity contribution >= 4 is 17.0 Å². The number of nitriles is 1. The van der Waals surface area contributed by atoms with E-state index in [0.29, 0.717) is 25.1 Å². The predicted molar refractivity (Wildman–Crippen MR) is 105 cm³/mol. The van der Waals surface area contributed by atoms with Crippen molar-refractivity contribution in [2.24, 2.45) is 0 Å². The Bertz CT molecular complexity index is 1040. The molecule has 1 aromatic heterocycles. The van der Waals surface area contributed by atoms with E-state index in [9.17, 15) is 18.4 Å². The number of benzene rings is 2. The number of hydrogen-bond acceptors (Lipinski definition) is 5. The first-order valence-corrected chi connectivity index (χ1v) is 9.86. The van der Waals surface area contributed by atoms with Gasteiger partial charge in [0.15, 0.2) is 5.69 Å². The fourth-order valence-corrected chi connectivity index (χ4v) is 4.08. The van der Waals surface area contributed by atoms with Crippen LogP contribution in [0.4, 0.5) is 18.9 Å². The highest BCUT2D eigenvalue weighted by molar-refractivity contribution is 7.11. The zero-order valence-electron chi connectivity index (χ0n) is 15.2. The van der Waals surface area contributed by atoms with Gasteiger partial charge in [-0.3, -0.25) is 0 Å². The Hall–Kier alpha value is -3.05. The van der Waals surface area contributed by atoms with E-state index in [2.05, 4.69) is 11.1 Å². The molecular weight excluding hydrogens is 399 g/mol. The number of ether oxygens (including phenoxy) is 1. The van der Waals surface area contributed by atoms with Crippen LogP contribution < -0.4 is 9.64 Å². The minimum atomic E-state index is -4.47. The molecule has 0 unspecified atom stereocenters. The Morgan fingerprint density at radius 3 is 2.62 bits per heavy atom. The SMILES string of the molecule is N#Cc1cc(-c2ccccc2)ccc1N1CC[C@H](Oc2nc(C(F)(F)F)cs2)C1. The van der Waals surface area contributed by atoms with E-state index in [1.807, 2.05) is 53.4 Å². The summed E-state index contributed by atoms with van der Waals surface area (Å²) in [5.41, 5.74) is 2.41. The van der Waals surface area contributed by atoms with Crippen LogP contribution in [0.2, 0.25) is 0 Å². The van der Waals surface area contributed by atoms with Crippen LogP contribution in [-0.2, 0) is 6.18 Å². The van der Waals surface area contributed by atoms with Gasteiger partial charge in [0.05, 0.1) is 17.8 Å². The maximum atomic E-state index is 12.7. The largest absolute Gasteiger partial charge is 0.465 e. The van der Waals surface area contributed by atoms with Gasteiger partial charge in [-0.2, -0.15) is 23.4 Å². The van der Waals surface area contributed by atoms with Gasteiger partial charge in [-0.15, -0.1) is 0 Å². The summed E-state index contributed by atoms with van der Waals surface area (Å²) in [6.07, 6.45) is -4.10. The van der Waals surface area contributed by atoms with Crippen molar-refractivity contribution in [3.05, 3.63) is 65.2 Å². The van der Waals surface area contributed by atoms with E-state index >= 15 is 0 Å². The molecule has 0 amide bonds. The number of thiazole rings is 1. The highest BCUT2D eigenvalue weighted by Gasteiger charge is 2.35. The lowest BCUT2D eigenvalue weighted by Crippen LogP contribution is -2.25. The van der Waals surface area contributed by atoms with E-state index in [-0.39, 0.29) is 11.3 Å². The second-order valence-electron chi connectivity index (χ2n) is 6.68. The normalized spacial score (nSPS) is 16.6. The van der Waals surface area contributed by atoms with Gasteiger partial charge >= 0.3 is 6.18 Å². The molecule has 8 heteroatoms. The minimum absolute atomic E-state index is 0.0177. The molecule has 4 nitrogen and oxygen atoms in total. The Morgan fingerprint density at radius 2 is 1.93 bits per heavy atom. The average molecular weight is 415 g/mol. The molecule has 1 atom stereocenters. The summed E-state index contributed by atoms with van der Waals surface area (Å²) in [5.74, 6) is 0. The number of nitrogens with zero attached hydrogens (tertiary/aromatic N) is 3. The molecule has 1 aliphatic rings.